The highest BCUT2D eigenvalue weighted by atomic mass is 79.9. The molecule has 0 saturated heterocycles. The van der Waals surface area contributed by atoms with E-state index in [1.165, 1.54) is 0 Å². The summed E-state index contributed by atoms with van der Waals surface area (Å²) in [5.41, 5.74) is -0.658. The molecule has 0 unspecified atom stereocenters. The van der Waals surface area contributed by atoms with Gasteiger partial charge in [0.15, 0.2) is 0 Å². The van der Waals surface area contributed by atoms with Crippen LogP contribution in [0.25, 0.3) is 11.3 Å². The molecule has 0 aliphatic rings. The number of alkyl halides is 2. The van der Waals surface area contributed by atoms with E-state index in [-0.39, 0.29) is 15.7 Å². The molecule has 7 heteroatoms. The van der Waals surface area contributed by atoms with Gasteiger partial charge in [0.1, 0.15) is 23.7 Å². The predicted molar refractivity (Wildman–Crippen MR) is 60.0 cm³/mol. The molecule has 94 valence electrons. The molecular weight excluding hydrogens is 316 g/mol. The Morgan fingerprint density at radius 1 is 1.11 bits per heavy atom. The third-order valence-corrected chi connectivity index (χ3v) is 2.99. The topological polar surface area (TPSA) is 25.8 Å². The van der Waals surface area contributed by atoms with E-state index in [0.717, 1.165) is 18.5 Å². The molecule has 0 aliphatic heterocycles. The molecule has 0 aliphatic carbocycles. The Labute approximate surface area is 108 Å². The summed E-state index contributed by atoms with van der Waals surface area (Å²) < 4.78 is 51.4. The lowest BCUT2D eigenvalue weighted by molar-refractivity contribution is 0.145. The van der Waals surface area contributed by atoms with Crippen molar-refractivity contribution in [3.8, 4) is 11.3 Å². The minimum absolute atomic E-state index is 0.0437. The molecular formula is C11H5BrF4N2. The van der Waals surface area contributed by atoms with Gasteiger partial charge in [-0.25, -0.2) is 27.5 Å². The van der Waals surface area contributed by atoms with Gasteiger partial charge in [-0.1, -0.05) is 0 Å². The Morgan fingerprint density at radius 3 is 2.44 bits per heavy atom. The van der Waals surface area contributed by atoms with Crippen LogP contribution in [0.1, 0.15) is 12.1 Å². The maximum Gasteiger partial charge on any atom is 0.281 e. The van der Waals surface area contributed by atoms with E-state index in [1.54, 1.807) is 0 Å². The third kappa shape index (κ3) is 2.35. The summed E-state index contributed by atoms with van der Waals surface area (Å²) in [5.74, 6) is -1.63. The molecule has 0 spiro atoms. The molecule has 0 fully saturated rings. The van der Waals surface area contributed by atoms with Crippen molar-refractivity contribution in [2.75, 3.05) is 0 Å². The SMILES string of the molecule is Fc1ccc(-c2ncnc(C(F)F)c2Br)c(F)c1. The second kappa shape index (κ2) is 5.01. The number of halogens is 5. The van der Waals surface area contributed by atoms with Gasteiger partial charge in [-0.15, -0.1) is 0 Å². The monoisotopic (exact) mass is 320 g/mol. The van der Waals surface area contributed by atoms with Crippen molar-refractivity contribution in [2.45, 2.75) is 6.43 Å². The van der Waals surface area contributed by atoms with Crippen molar-refractivity contribution in [1.82, 2.24) is 9.97 Å². The van der Waals surface area contributed by atoms with Gasteiger partial charge in [0, 0.05) is 11.6 Å². The Bertz CT molecular complexity index is 589. The maximum atomic E-state index is 13.5. The van der Waals surface area contributed by atoms with Crippen LogP contribution in [0.15, 0.2) is 29.0 Å². The van der Waals surface area contributed by atoms with Crippen LogP contribution in [0.4, 0.5) is 17.6 Å². The number of nitrogens with zero attached hydrogens (tertiary/aromatic N) is 2. The lowest BCUT2D eigenvalue weighted by Gasteiger charge is -2.08. The van der Waals surface area contributed by atoms with E-state index >= 15 is 0 Å². The average molecular weight is 321 g/mol. The van der Waals surface area contributed by atoms with Crippen molar-refractivity contribution in [2.24, 2.45) is 0 Å². The van der Waals surface area contributed by atoms with Gasteiger partial charge < -0.3 is 0 Å². The summed E-state index contributed by atoms with van der Waals surface area (Å²) in [4.78, 5) is 7.13. The summed E-state index contributed by atoms with van der Waals surface area (Å²) in [6, 6.07) is 2.81. The summed E-state index contributed by atoms with van der Waals surface area (Å²) >= 11 is 2.91. The zero-order valence-corrected chi connectivity index (χ0v) is 10.3. The first-order valence-corrected chi connectivity index (χ1v) is 5.54. The molecule has 2 aromatic rings. The first-order chi connectivity index (χ1) is 8.50. The zero-order valence-electron chi connectivity index (χ0n) is 8.67. The van der Waals surface area contributed by atoms with Gasteiger partial charge in [0.2, 0.25) is 0 Å². The molecule has 0 radical (unpaired) electrons. The van der Waals surface area contributed by atoms with Crippen molar-refractivity contribution >= 4 is 15.9 Å². The highest BCUT2D eigenvalue weighted by molar-refractivity contribution is 9.10. The number of hydrogen-bond donors (Lipinski definition) is 0. The predicted octanol–water partition coefficient (Wildman–Crippen LogP) is 4.12. The molecule has 1 heterocycles. The van der Waals surface area contributed by atoms with E-state index < -0.39 is 23.8 Å². The Morgan fingerprint density at radius 2 is 1.83 bits per heavy atom. The number of aromatic nitrogens is 2. The Kier molecular flexibility index (Phi) is 3.60. The maximum absolute atomic E-state index is 13.5. The molecule has 1 aromatic heterocycles. The molecule has 1 aromatic carbocycles. The summed E-state index contributed by atoms with van der Waals surface area (Å²) in [5, 5.41) is 0. The van der Waals surface area contributed by atoms with E-state index in [4.69, 9.17) is 0 Å². The van der Waals surface area contributed by atoms with Crippen molar-refractivity contribution in [3.63, 3.8) is 0 Å². The number of rotatable bonds is 2. The molecule has 0 saturated carbocycles. The van der Waals surface area contributed by atoms with Gasteiger partial charge in [0.25, 0.3) is 6.43 Å². The highest BCUT2D eigenvalue weighted by Crippen LogP contribution is 2.33. The van der Waals surface area contributed by atoms with E-state index in [1.807, 2.05) is 0 Å². The third-order valence-electron chi connectivity index (χ3n) is 2.21. The van der Waals surface area contributed by atoms with Gasteiger partial charge in [0.05, 0.1) is 10.2 Å². The molecule has 0 bridgehead atoms. The van der Waals surface area contributed by atoms with E-state index in [9.17, 15) is 17.6 Å². The molecule has 0 atom stereocenters. The molecule has 0 amide bonds. The van der Waals surface area contributed by atoms with Gasteiger partial charge >= 0.3 is 0 Å². The summed E-state index contributed by atoms with van der Waals surface area (Å²) in [6.07, 6.45) is -1.91. The van der Waals surface area contributed by atoms with Crippen LogP contribution in [0.3, 0.4) is 0 Å². The zero-order chi connectivity index (χ0) is 13.3. The Balaban J connectivity index is 2.61. The van der Waals surface area contributed by atoms with Crippen LogP contribution in [0.5, 0.6) is 0 Å². The molecule has 2 nitrogen and oxygen atoms in total. The van der Waals surface area contributed by atoms with Crippen molar-refractivity contribution < 1.29 is 17.6 Å². The lowest BCUT2D eigenvalue weighted by Crippen LogP contribution is -1.98. The van der Waals surface area contributed by atoms with Crippen molar-refractivity contribution in [3.05, 3.63) is 46.3 Å². The average Bonchev–Trinajstić information content (AvgIpc) is 2.30. The smallest absolute Gasteiger partial charge is 0.235 e. The Hall–Kier alpha value is -1.50. The normalized spacial score (nSPS) is 11.0. The molecule has 18 heavy (non-hydrogen) atoms. The fourth-order valence-corrected chi connectivity index (χ4v) is 2.00. The minimum Gasteiger partial charge on any atom is -0.235 e. The fraction of sp³-hybridized carbons (Fsp3) is 0.0909. The lowest BCUT2D eigenvalue weighted by atomic mass is 10.1. The van der Waals surface area contributed by atoms with Crippen LogP contribution in [-0.4, -0.2) is 9.97 Å². The highest BCUT2D eigenvalue weighted by Gasteiger charge is 2.19. The van der Waals surface area contributed by atoms with Crippen molar-refractivity contribution in [1.29, 1.82) is 0 Å². The van der Waals surface area contributed by atoms with Gasteiger partial charge in [-0.05, 0) is 28.1 Å². The number of hydrogen-bond acceptors (Lipinski definition) is 2. The van der Waals surface area contributed by atoms with E-state index in [0.29, 0.717) is 6.07 Å². The van der Waals surface area contributed by atoms with Crippen LogP contribution in [-0.2, 0) is 0 Å². The van der Waals surface area contributed by atoms with E-state index in [2.05, 4.69) is 25.9 Å². The van der Waals surface area contributed by atoms with Gasteiger partial charge in [-0.2, -0.15) is 0 Å². The largest absolute Gasteiger partial charge is 0.281 e. The second-order valence-electron chi connectivity index (χ2n) is 3.35. The van der Waals surface area contributed by atoms with Crippen LogP contribution < -0.4 is 0 Å². The van der Waals surface area contributed by atoms with Crippen LogP contribution in [0.2, 0.25) is 0 Å². The second-order valence-corrected chi connectivity index (χ2v) is 4.14. The van der Waals surface area contributed by atoms with Crippen LogP contribution in [0, 0.1) is 11.6 Å². The quantitative estimate of drug-likeness (QED) is 0.778. The summed E-state index contributed by atoms with van der Waals surface area (Å²) in [7, 11) is 0. The number of benzene rings is 1. The standard InChI is InChI=1S/C11H5BrF4N2/c12-8-9(17-4-18-10(8)11(15)16)6-2-1-5(13)3-7(6)14/h1-4,11H. The first kappa shape index (κ1) is 12.9. The van der Waals surface area contributed by atoms with Gasteiger partial charge in [-0.3, -0.25) is 0 Å². The summed E-state index contributed by atoms with van der Waals surface area (Å²) in [6.45, 7) is 0. The minimum atomic E-state index is -2.82. The molecule has 2 rings (SSSR count). The fourth-order valence-electron chi connectivity index (χ4n) is 1.40. The first-order valence-electron chi connectivity index (χ1n) is 4.74. The molecule has 0 N–H and O–H groups in total. The van der Waals surface area contributed by atoms with Crippen LogP contribution >= 0.6 is 15.9 Å².